The van der Waals surface area contributed by atoms with Gasteiger partial charge in [0.05, 0.1) is 18.8 Å². The summed E-state index contributed by atoms with van der Waals surface area (Å²) in [5, 5.41) is 2.28. The molecule has 10 heteroatoms. The highest BCUT2D eigenvalue weighted by atomic mass is 32.2. The van der Waals surface area contributed by atoms with E-state index in [0.717, 1.165) is 0 Å². The molecule has 0 aromatic heterocycles. The van der Waals surface area contributed by atoms with E-state index in [1.165, 1.54) is 0 Å². The van der Waals surface area contributed by atoms with Gasteiger partial charge in [0.25, 0.3) is 10.1 Å². The van der Waals surface area contributed by atoms with Gasteiger partial charge in [-0.2, -0.15) is 13.1 Å². The first-order valence-electron chi connectivity index (χ1n) is 5.83. The molecule has 0 radical (unpaired) electrons. The normalized spacial score (nSPS) is 12.4. The zero-order chi connectivity index (χ0) is 14.9. The van der Waals surface area contributed by atoms with Crippen molar-refractivity contribution >= 4 is 23.4 Å². The van der Waals surface area contributed by atoms with Crippen LogP contribution >= 0.6 is 7.37 Å². The van der Waals surface area contributed by atoms with E-state index in [0.29, 0.717) is 12.3 Å². The summed E-state index contributed by atoms with van der Waals surface area (Å²) in [6, 6.07) is 0. The Morgan fingerprint density at radius 2 is 1.89 bits per heavy atom. The van der Waals surface area contributed by atoms with Crippen LogP contribution in [0.4, 0.5) is 0 Å². The minimum Gasteiger partial charge on any atom is -0.355 e. The SMILES string of the molecule is CCP(=O)(CC)OOCCC(=O)NCCS(=O)(=O)O. The molecule has 0 atom stereocenters. The molecule has 0 aliphatic rings. The molecule has 0 bridgehead atoms. The number of nitrogens with one attached hydrogen (secondary N) is 1. The molecule has 0 unspecified atom stereocenters. The number of amides is 1. The van der Waals surface area contributed by atoms with Gasteiger partial charge in [0.1, 0.15) is 0 Å². The van der Waals surface area contributed by atoms with Crippen LogP contribution in [-0.4, -0.2) is 50.1 Å². The predicted octanol–water partition coefficient (Wildman–Crippen LogP) is 0.647. The number of carbonyl (C=O) groups is 1. The van der Waals surface area contributed by atoms with E-state index in [9.17, 15) is 17.8 Å². The van der Waals surface area contributed by atoms with E-state index in [4.69, 9.17) is 14.1 Å². The van der Waals surface area contributed by atoms with E-state index in [-0.39, 0.29) is 19.6 Å². The summed E-state index contributed by atoms with van der Waals surface area (Å²) in [5.74, 6) is -0.994. The van der Waals surface area contributed by atoms with Gasteiger partial charge in [-0.1, -0.05) is 13.8 Å². The van der Waals surface area contributed by atoms with Crippen molar-refractivity contribution in [3.05, 3.63) is 0 Å². The van der Waals surface area contributed by atoms with Crippen molar-refractivity contribution in [2.75, 3.05) is 31.2 Å². The third-order valence-electron chi connectivity index (χ3n) is 2.25. The van der Waals surface area contributed by atoms with Crippen molar-refractivity contribution in [1.29, 1.82) is 0 Å². The fraction of sp³-hybridized carbons (Fsp3) is 0.889. The largest absolute Gasteiger partial charge is 0.355 e. The molecule has 0 fully saturated rings. The minimum absolute atomic E-state index is 0.0566. The molecule has 0 aliphatic carbocycles. The summed E-state index contributed by atoms with van der Waals surface area (Å²) in [6.45, 7) is 3.17. The topological polar surface area (TPSA) is 119 Å². The van der Waals surface area contributed by atoms with Gasteiger partial charge in [-0.05, 0) is 0 Å². The van der Waals surface area contributed by atoms with E-state index in [1.807, 2.05) is 0 Å². The summed E-state index contributed by atoms with van der Waals surface area (Å²) < 4.78 is 45.7. The Bertz CT molecular complexity index is 414. The summed E-state index contributed by atoms with van der Waals surface area (Å²) in [5.41, 5.74) is 0. The predicted molar refractivity (Wildman–Crippen MR) is 69.8 cm³/mol. The highest BCUT2D eigenvalue weighted by Crippen LogP contribution is 2.45. The Kier molecular flexibility index (Phi) is 8.44. The van der Waals surface area contributed by atoms with E-state index >= 15 is 0 Å². The fourth-order valence-corrected chi connectivity index (χ4v) is 2.29. The number of hydrogen-bond donors (Lipinski definition) is 2. The maximum atomic E-state index is 11.7. The first-order valence-corrected chi connectivity index (χ1v) is 9.44. The van der Waals surface area contributed by atoms with Gasteiger partial charge in [0, 0.05) is 18.9 Å². The highest BCUT2D eigenvalue weighted by Gasteiger charge is 2.19. The van der Waals surface area contributed by atoms with Crippen LogP contribution in [0.2, 0.25) is 0 Å². The second-order valence-electron chi connectivity index (χ2n) is 3.73. The van der Waals surface area contributed by atoms with Gasteiger partial charge in [-0.3, -0.25) is 13.9 Å². The molecule has 0 aromatic rings. The average molecular weight is 317 g/mol. The lowest BCUT2D eigenvalue weighted by Crippen LogP contribution is -2.29. The van der Waals surface area contributed by atoms with Crippen molar-refractivity contribution < 1.29 is 31.9 Å². The quantitative estimate of drug-likeness (QED) is 0.199. The van der Waals surface area contributed by atoms with Gasteiger partial charge >= 0.3 is 0 Å². The lowest BCUT2D eigenvalue weighted by atomic mass is 10.4. The second-order valence-corrected chi connectivity index (χ2v) is 8.34. The Hall–Kier alpha value is -0.470. The minimum atomic E-state index is -4.08. The Morgan fingerprint density at radius 1 is 1.32 bits per heavy atom. The molecule has 0 spiro atoms. The van der Waals surface area contributed by atoms with E-state index in [1.54, 1.807) is 13.8 Å². The summed E-state index contributed by atoms with van der Waals surface area (Å²) in [7, 11) is -6.83. The van der Waals surface area contributed by atoms with Crippen LogP contribution in [0.15, 0.2) is 0 Å². The van der Waals surface area contributed by atoms with Crippen molar-refractivity contribution in [3.8, 4) is 0 Å². The number of hydrogen-bond acceptors (Lipinski definition) is 6. The zero-order valence-corrected chi connectivity index (χ0v) is 12.7. The molecule has 8 nitrogen and oxygen atoms in total. The van der Waals surface area contributed by atoms with Crippen LogP contribution < -0.4 is 5.32 Å². The van der Waals surface area contributed by atoms with Crippen molar-refractivity contribution in [1.82, 2.24) is 5.32 Å². The van der Waals surface area contributed by atoms with Crippen LogP contribution in [-0.2, 0) is 29.0 Å². The zero-order valence-electron chi connectivity index (χ0n) is 11.0. The standard InChI is InChI=1S/C9H20NO7PS/c1-3-18(12,4-2)17-16-7-5-9(11)10-6-8-19(13,14)15/h3-8H2,1-2H3,(H,10,11)(H,13,14,15). The fourth-order valence-electron chi connectivity index (χ4n) is 1.00. The van der Waals surface area contributed by atoms with E-state index < -0.39 is 29.1 Å². The summed E-state index contributed by atoms with van der Waals surface area (Å²) in [4.78, 5) is 15.9. The van der Waals surface area contributed by atoms with Crippen LogP contribution in [0.3, 0.4) is 0 Å². The molecular formula is C9H20NO7PS. The van der Waals surface area contributed by atoms with Gasteiger partial charge < -0.3 is 5.32 Å². The van der Waals surface area contributed by atoms with Crippen molar-refractivity contribution in [2.24, 2.45) is 0 Å². The molecule has 2 N–H and O–H groups in total. The molecule has 0 saturated carbocycles. The molecule has 114 valence electrons. The maximum absolute atomic E-state index is 11.7. The van der Waals surface area contributed by atoms with Crippen LogP contribution in [0.5, 0.6) is 0 Å². The molecule has 0 aromatic carbocycles. The Labute approximate surface area is 113 Å². The highest BCUT2D eigenvalue weighted by molar-refractivity contribution is 7.85. The first kappa shape index (κ1) is 18.5. The average Bonchev–Trinajstić information content (AvgIpc) is 2.33. The maximum Gasteiger partial charge on any atom is 0.266 e. The van der Waals surface area contributed by atoms with Crippen LogP contribution in [0, 0.1) is 0 Å². The Morgan fingerprint density at radius 3 is 2.37 bits per heavy atom. The summed E-state index contributed by atoms with van der Waals surface area (Å²) >= 11 is 0. The smallest absolute Gasteiger partial charge is 0.266 e. The third kappa shape index (κ3) is 10.0. The van der Waals surface area contributed by atoms with Crippen LogP contribution in [0.25, 0.3) is 0 Å². The summed E-state index contributed by atoms with van der Waals surface area (Å²) in [6.07, 6.45) is 0.646. The third-order valence-corrected chi connectivity index (χ3v) is 5.27. The molecule has 19 heavy (non-hydrogen) atoms. The van der Waals surface area contributed by atoms with Gasteiger partial charge in [0.2, 0.25) is 13.3 Å². The molecule has 0 saturated heterocycles. The van der Waals surface area contributed by atoms with Crippen molar-refractivity contribution in [2.45, 2.75) is 20.3 Å². The molecule has 0 rings (SSSR count). The van der Waals surface area contributed by atoms with E-state index in [2.05, 4.69) is 5.32 Å². The monoisotopic (exact) mass is 317 g/mol. The number of carbonyl (C=O) groups excluding carboxylic acids is 1. The first-order chi connectivity index (χ1) is 8.72. The lowest BCUT2D eigenvalue weighted by Gasteiger charge is -2.13. The molecule has 1 amide bonds. The van der Waals surface area contributed by atoms with Crippen molar-refractivity contribution in [3.63, 3.8) is 0 Å². The van der Waals surface area contributed by atoms with Gasteiger partial charge in [-0.25, -0.2) is 4.89 Å². The van der Waals surface area contributed by atoms with Gasteiger partial charge in [0.15, 0.2) is 0 Å². The Balaban J connectivity index is 3.73. The molecule has 0 aliphatic heterocycles. The van der Waals surface area contributed by atoms with Crippen LogP contribution in [0.1, 0.15) is 20.3 Å². The second kappa shape index (κ2) is 8.65. The van der Waals surface area contributed by atoms with Gasteiger partial charge in [-0.15, -0.1) is 0 Å². The lowest BCUT2D eigenvalue weighted by molar-refractivity contribution is -0.206. The number of rotatable bonds is 10. The molecule has 0 heterocycles. The molecular weight excluding hydrogens is 297 g/mol.